The summed E-state index contributed by atoms with van der Waals surface area (Å²) in [5.74, 6) is -0.840. The second-order valence-corrected chi connectivity index (χ2v) is 9.08. The van der Waals surface area contributed by atoms with Crippen LogP contribution in [0.2, 0.25) is 5.02 Å². The molecule has 0 spiro atoms. The molecule has 29 heavy (non-hydrogen) atoms. The molecule has 0 saturated carbocycles. The minimum atomic E-state index is -1.04. The fraction of sp³-hybridized carbons (Fsp3) is 0.474. The second kappa shape index (κ2) is 7.55. The summed E-state index contributed by atoms with van der Waals surface area (Å²) in [6.07, 6.45) is 3.33. The summed E-state index contributed by atoms with van der Waals surface area (Å²) in [5.41, 5.74) is 0.352. The van der Waals surface area contributed by atoms with Crippen LogP contribution < -0.4 is 5.32 Å². The van der Waals surface area contributed by atoms with Crippen molar-refractivity contribution in [2.75, 3.05) is 25.1 Å². The van der Waals surface area contributed by atoms with E-state index in [4.69, 9.17) is 21.4 Å². The number of fused-ring (bicyclic) bond motifs is 1. The summed E-state index contributed by atoms with van der Waals surface area (Å²) in [6, 6.07) is 1.99. The number of aromatic nitrogens is 2. The van der Waals surface area contributed by atoms with Gasteiger partial charge in [-0.15, -0.1) is 11.3 Å². The Morgan fingerprint density at radius 2 is 2.17 bits per heavy atom. The third kappa shape index (κ3) is 3.70. The predicted octanol–water partition coefficient (Wildman–Crippen LogP) is 3.22. The molecule has 2 aromatic rings. The van der Waals surface area contributed by atoms with Gasteiger partial charge in [0.15, 0.2) is 0 Å². The lowest BCUT2D eigenvalue weighted by Gasteiger charge is -2.30. The molecule has 0 atom stereocenters. The Hall–Kier alpha value is -2.23. The molecule has 1 amide bonds. The number of nitrogens with zero attached hydrogens (tertiary/aromatic N) is 3. The Balaban J connectivity index is 1.64. The molecular formula is C19H21ClN4O4S. The monoisotopic (exact) mass is 436 g/mol. The number of hydrogen-bond donors (Lipinski definition) is 2. The van der Waals surface area contributed by atoms with Crippen molar-refractivity contribution in [1.82, 2.24) is 14.9 Å². The van der Waals surface area contributed by atoms with E-state index >= 15 is 0 Å². The second-order valence-electron chi connectivity index (χ2n) is 7.62. The summed E-state index contributed by atoms with van der Waals surface area (Å²) in [6.45, 7) is 4.77. The summed E-state index contributed by atoms with van der Waals surface area (Å²) >= 11 is 7.77. The molecule has 0 radical (unpaired) electrons. The topological polar surface area (TPSA) is 105 Å². The highest BCUT2D eigenvalue weighted by Crippen LogP contribution is 2.46. The molecule has 0 aliphatic carbocycles. The Labute approximate surface area is 176 Å². The third-order valence-corrected chi connectivity index (χ3v) is 6.99. The van der Waals surface area contributed by atoms with E-state index in [-0.39, 0.29) is 18.5 Å². The Morgan fingerprint density at radius 1 is 1.45 bits per heavy atom. The maximum atomic E-state index is 12.8. The molecule has 1 fully saturated rings. The first kappa shape index (κ1) is 20.1. The van der Waals surface area contributed by atoms with Crippen LogP contribution in [0, 0.1) is 0 Å². The van der Waals surface area contributed by atoms with Crippen molar-refractivity contribution in [1.29, 1.82) is 0 Å². The van der Waals surface area contributed by atoms with Gasteiger partial charge in [0.2, 0.25) is 5.95 Å². The fourth-order valence-corrected chi connectivity index (χ4v) is 5.20. The maximum Gasteiger partial charge on any atom is 0.323 e. The van der Waals surface area contributed by atoms with Crippen LogP contribution in [-0.2, 0) is 15.1 Å². The summed E-state index contributed by atoms with van der Waals surface area (Å²) in [4.78, 5) is 35.8. The van der Waals surface area contributed by atoms with Gasteiger partial charge in [0, 0.05) is 24.1 Å². The zero-order valence-electron chi connectivity index (χ0n) is 16.1. The van der Waals surface area contributed by atoms with E-state index in [0.29, 0.717) is 35.4 Å². The number of hydrogen-bond acceptors (Lipinski definition) is 7. The number of thiophene rings is 1. The smallest absolute Gasteiger partial charge is 0.323 e. The first-order chi connectivity index (χ1) is 13.8. The molecule has 2 aliphatic rings. The number of carboxylic acid groups (broad SMARTS) is 1. The molecule has 2 aromatic heterocycles. The van der Waals surface area contributed by atoms with Crippen LogP contribution in [-0.4, -0.2) is 57.7 Å². The number of nitrogens with one attached hydrogen (secondary N) is 1. The van der Waals surface area contributed by atoms with E-state index < -0.39 is 11.5 Å². The van der Waals surface area contributed by atoms with Crippen molar-refractivity contribution >= 4 is 40.8 Å². The maximum absolute atomic E-state index is 12.8. The van der Waals surface area contributed by atoms with Crippen molar-refractivity contribution in [2.45, 2.75) is 38.3 Å². The molecular weight excluding hydrogens is 416 g/mol. The van der Waals surface area contributed by atoms with E-state index in [1.54, 1.807) is 12.3 Å². The Morgan fingerprint density at radius 3 is 2.83 bits per heavy atom. The molecule has 154 valence electrons. The minimum Gasteiger partial charge on any atom is -0.480 e. The standard InChI is InChI=1S/C19H21ClN4O4S/c1-19(2)16-11(17(27)24(19)9-14(25)26)7-13(29-16)15-12(20)8-21-18(23-15)22-10-3-5-28-6-4-10/h7-8,10H,3-6,9H2,1-2H3,(H,25,26)(H,21,22,23). The van der Waals surface area contributed by atoms with Crippen LogP contribution in [0.3, 0.4) is 0 Å². The van der Waals surface area contributed by atoms with Gasteiger partial charge in [-0.3, -0.25) is 9.59 Å². The number of carbonyl (C=O) groups excluding carboxylic acids is 1. The fourth-order valence-electron chi connectivity index (χ4n) is 3.68. The molecule has 0 aromatic carbocycles. The average Bonchev–Trinajstić information content (AvgIpc) is 3.19. The van der Waals surface area contributed by atoms with Gasteiger partial charge < -0.3 is 20.1 Å². The zero-order chi connectivity index (χ0) is 20.8. The predicted molar refractivity (Wildman–Crippen MR) is 110 cm³/mol. The van der Waals surface area contributed by atoms with Crippen molar-refractivity contribution in [2.24, 2.45) is 0 Å². The van der Waals surface area contributed by atoms with Crippen molar-refractivity contribution < 1.29 is 19.4 Å². The van der Waals surface area contributed by atoms with Gasteiger partial charge in [0.1, 0.15) is 12.2 Å². The zero-order valence-corrected chi connectivity index (χ0v) is 17.6. The number of carboxylic acids is 1. The quantitative estimate of drug-likeness (QED) is 0.741. The molecule has 0 bridgehead atoms. The molecule has 4 rings (SSSR count). The first-order valence-electron chi connectivity index (χ1n) is 9.32. The van der Waals surface area contributed by atoms with Gasteiger partial charge in [-0.05, 0) is 32.8 Å². The van der Waals surface area contributed by atoms with Crippen molar-refractivity contribution in [3.63, 3.8) is 0 Å². The first-order valence-corrected chi connectivity index (χ1v) is 10.5. The third-order valence-electron chi connectivity index (χ3n) is 5.26. The van der Waals surface area contributed by atoms with Crippen LogP contribution in [0.5, 0.6) is 0 Å². The van der Waals surface area contributed by atoms with Crippen LogP contribution in [0.4, 0.5) is 5.95 Å². The number of aliphatic carboxylic acids is 1. The molecule has 2 N–H and O–H groups in total. The van der Waals surface area contributed by atoms with E-state index in [1.165, 1.54) is 16.2 Å². The minimum absolute atomic E-state index is 0.246. The van der Waals surface area contributed by atoms with E-state index in [9.17, 15) is 9.59 Å². The SMILES string of the molecule is CC1(C)c2sc(-c3nc(NC4CCOCC4)ncc3Cl)cc2C(=O)N1CC(=O)O. The van der Waals surface area contributed by atoms with Gasteiger partial charge in [-0.25, -0.2) is 9.97 Å². The molecule has 4 heterocycles. The van der Waals surface area contributed by atoms with E-state index in [1.807, 2.05) is 13.8 Å². The number of rotatable bonds is 5. The lowest BCUT2D eigenvalue weighted by molar-refractivity contribution is -0.138. The summed E-state index contributed by atoms with van der Waals surface area (Å²) in [7, 11) is 0. The van der Waals surface area contributed by atoms with Gasteiger partial charge in [0.05, 0.1) is 27.2 Å². The number of ether oxygens (including phenoxy) is 1. The van der Waals surface area contributed by atoms with Crippen LogP contribution in [0.15, 0.2) is 12.3 Å². The average molecular weight is 437 g/mol. The number of anilines is 1. The summed E-state index contributed by atoms with van der Waals surface area (Å²) in [5, 5.41) is 12.9. The molecule has 2 aliphatic heterocycles. The molecule has 8 nitrogen and oxygen atoms in total. The van der Waals surface area contributed by atoms with Gasteiger partial charge in [-0.1, -0.05) is 11.6 Å². The van der Waals surface area contributed by atoms with Crippen LogP contribution in [0.1, 0.15) is 41.9 Å². The van der Waals surface area contributed by atoms with Gasteiger partial charge in [0.25, 0.3) is 5.91 Å². The van der Waals surface area contributed by atoms with Crippen molar-refractivity contribution in [3.8, 4) is 10.6 Å². The number of halogens is 1. The van der Waals surface area contributed by atoms with Gasteiger partial charge >= 0.3 is 5.97 Å². The Kier molecular flexibility index (Phi) is 5.22. The van der Waals surface area contributed by atoms with E-state index in [0.717, 1.165) is 22.6 Å². The molecule has 0 unspecified atom stereocenters. The highest BCUT2D eigenvalue weighted by molar-refractivity contribution is 7.16. The highest BCUT2D eigenvalue weighted by Gasteiger charge is 2.45. The lowest BCUT2D eigenvalue weighted by atomic mass is 10.0. The summed E-state index contributed by atoms with van der Waals surface area (Å²) < 4.78 is 5.37. The number of amides is 1. The molecule has 10 heteroatoms. The highest BCUT2D eigenvalue weighted by atomic mass is 35.5. The Bertz CT molecular complexity index is 971. The molecule has 1 saturated heterocycles. The number of carbonyl (C=O) groups is 2. The van der Waals surface area contributed by atoms with Gasteiger partial charge in [-0.2, -0.15) is 0 Å². The lowest BCUT2D eigenvalue weighted by Crippen LogP contribution is -2.42. The van der Waals surface area contributed by atoms with Crippen LogP contribution in [0.25, 0.3) is 10.6 Å². The normalized spacial score (nSPS) is 18.7. The van der Waals surface area contributed by atoms with Crippen molar-refractivity contribution in [3.05, 3.63) is 27.7 Å². The van der Waals surface area contributed by atoms with E-state index in [2.05, 4.69) is 15.3 Å². The largest absolute Gasteiger partial charge is 0.480 e. The van der Waals surface area contributed by atoms with Crippen LogP contribution >= 0.6 is 22.9 Å².